The van der Waals surface area contributed by atoms with Gasteiger partial charge >= 0.3 is 0 Å². The maximum Gasteiger partial charge on any atom is 0.0651 e. The summed E-state index contributed by atoms with van der Waals surface area (Å²) < 4.78 is 5.46. The van der Waals surface area contributed by atoms with Gasteiger partial charge in [-0.3, -0.25) is 0 Å². The molecule has 2 nitrogen and oxygen atoms in total. The van der Waals surface area contributed by atoms with Crippen molar-refractivity contribution >= 4 is 0 Å². The van der Waals surface area contributed by atoms with Crippen molar-refractivity contribution in [3.05, 3.63) is 12.2 Å². The second kappa shape index (κ2) is 6.38. The Hall–Kier alpha value is -0.340. The van der Waals surface area contributed by atoms with Crippen molar-refractivity contribution in [2.45, 2.75) is 26.9 Å². The van der Waals surface area contributed by atoms with Gasteiger partial charge in [-0.05, 0) is 12.8 Å². The summed E-state index contributed by atoms with van der Waals surface area (Å²) in [6.07, 6.45) is 4.20. The van der Waals surface area contributed by atoms with Crippen LogP contribution in [0.25, 0.3) is 0 Å². The number of nitrogens with two attached hydrogens (primary N) is 1. The van der Waals surface area contributed by atoms with E-state index in [1.165, 1.54) is 0 Å². The summed E-state index contributed by atoms with van der Waals surface area (Å²) in [7, 11) is 0. The van der Waals surface area contributed by atoms with Crippen molar-refractivity contribution in [3.63, 3.8) is 0 Å². The maximum absolute atomic E-state index is 5.46. The van der Waals surface area contributed by atoms with Crippen LogP contribution in [0.5, 0.6) is 0 Å². The Morgan fingerprint density at radius 2 is 1.91 bits per heavy atom. The summed E-state index contributed by atoms with van der Waals surface area (Å²) >= 11 is 0. The van der Waals surface area contributed by atoms with Gasteiger partial charge in [0, 0.05) is 6.54 Å². The second-order valence-corrected chi connectivity index (χ2v) is 2.99. The topological polar surface area (TPSA) is 35.2 Å². The maximum atomic E-state index is 5.46. The standard InChI is InChI=1S/C9H19NO/c1-8(2)9(3)11-7-5-4-6-10/h4-5,8-9H,6-7,10H2,1-3H3. The van der Waals surface area contributed by atoms with Gasteiger partial charge in [0.05, 0.1) is 12.7 Å². The van der Waals surface area contributed by atoms with Crippen LogP contribution in [0.3, 0.4) is 0 Å². The zero-order valence-corrected chi connectivity index (χ0v) is 7.71. The molecule has 0 aromatic carbocycles. The minimum absolute atomic E-state index is 0.331. The molecule has 0 fully saturated rings. The Labute approximate surface area is 69.4 Å². The fourth-order valence-corrected chi connectivity index (χ4v) is 0.564. The zero-order valence-electron chi connectivity index (χ0n) is 7.71. The molecule has 66 valence electrons. The fraction of sp³-hybridized carbons (Fsp3) is 0.778. The van der Waals surface area contributed by atoms with E-state index >= 15 is 0 Å². The van der Waals surface area contributed by atoms with Crippen LogP contribution >= 0.6 is 0 Å². The molecule has 0 radical (unpaired) electrons. The highest BCUT2D eigenvalue weighted by Crippen LogP contribution is 2.04. The monoisotopic (exact) mass is 157 g/mol. The highest BCUT2D eigenvalue weighted by atomic mass is 16.5. The fourth-order valence-electron chi connectivity index (χ4n) is 0.564. The molecule has 1 unspecified atom stereocenters. The first kappa shape index (κ1) is 10.7. The van der Waals surface area contributed by atoms with Gasteiger partial charge in [0.15, 0.2) is 0 Å². The Morgan fingerprint density at radius 1 is 1.27 bits per heavy atom. The quantitative estimate of drug-likeness (QED) is 0.615. The molecule has 0 saturated carbocycles. The van der Waals surface area contributed by atoms with Crippen LogP contribution in [0.4, 0.5) is 0 Å². The number of hydrogen-bond acceptors (Lipinski definition) is 2. The van der Waals surface area contributed by atoms with Gasteiger partial charge < -0.3 is 10.5 Å². The van der Waals surface area contributed by atoms with E-state index in [1.807, 2.05) is 12.2 Å². The molecule has 0 aliphatic rings. The van der Waals surface area contributed by atoms with E-state index in [4.69, 9.17) is 10.5 Å². The SMILES string of the molecule is CC(C)C(C)OCC=CCN. The van der Waals surface area contributed by atoms with Crippen LogP contribution in [0.15, 0.2) is 12.2 Å². The summed E-state index contributed by atoms with van der Waals surface area (Å²) in [5.74, 6) is 0.585. The molecule has 0 amide bonds. The van der Waals surface area contributed by atoms with Crippen LogP contribution in [-0.2, 0) is 4.74 Å². The molecule has 2 heteroatoms. The van der Waals surface area contributed by atoms with E-state index in [0.717, 1.165) is 0 Å². The first-order valence-electron chi connectivity index (χ1n) is 4.15. The first-order chi connectivity index (χ1) is 5.18. The van der Waals surface area contributed by atoms with E-state index in [-0.39, 0.29) is 0 Å². The lowest BCUT2D eigenvalue weighted by Crippen LogP contribution is -2.15. The molecule has 0 aliphatic heterocycles. The minimum Gasteiger partial charge on any atom is -0.374 e. The van der Waals surface area contributed by atoms with Crippen LogP contribution in [-0.4, -0.2) is 19.3 Å². The Bertz CT molecular complexity index is 110. The molecular weight excluding hydrogens is 138 g/mol. The van der Waals surface area contributed by atoms with Gasteiger partial charge in [-0.15, -0.1) is 0 Å². The Morgan fingerprint density at radius 3 is 2.36 bits per heavy atom. The number of ether oxygens (including phenoxy) is 1. The molecule has 0 aromatic rings. The normalized spacial score (nSPS) is 14.6. The summed E-state index contributed by atoms with van der Waals surface area (Å²) in [6.45, 7) is 7.66. The van der Waals surface area contributed by atoms with Gasteiger partial charge in [0.1, 0.15) is 0 Å². The van der Waals surface area contributed by atoms with Gasteiger partial charge in [0.2, 0.25) is 0 Å². The van der Waals surface area contributed by atoms with Gasteiger partial charge in [0.25, 0.3) is 0 Å². The van der Waals surface area contributed by atoms with E-state index in [0.29, 0.717) is 25.2 Å². The van der Waals surface area contributed by atoms with E-state index in [1.54, 1.807) is 0 Å². The minimum atomic E-state index is 0.331. The zero-order chi connectivity index (χ0) is 8.69. The molecule has 0 heterocycles. The lowest BCUT2D eigenvalue weighted by Gasteiger charge is -2.14. The molecule has 11 heavy (non-hydrogen) atoms. The molecule has 0 aromatic heterocycles. The summed E-state index contributed by atoms with van der Waals surface area (Å²) in [4.78, 5) is 0. The third-order valence-corrected chi connectivity index (χ3v) is 1.70. The van der Waals surface area contributed by atoms with Gasteiger partial charge in [-0.25, -0.2) is 0 Å². The van der Waals surface area contributed by atoms with Gasteiger partial charge in [-0.2, -0.15) is 0 Å². The van der Waals surface area contributed by atoms with Crippen molar-refractivity contribution in [1.82, 2.24) is 0 Å². The predicted octanol–water partition coefficient (Wildman–Crippen LogP) is 1.56. The highest BCUT2D eigenvalue weighted by molar-refractivity contribution is 4.82. The van der Waals surface area contributed by atoms with E-state index < -0.39 is 0 Å². The Balaban J connectivity index is 3.31. The third kappa shape index (κ3) is 6.07. The molecule has 0 saturated heterocycles. The molecule has 0 bridgehead atoms. The lowest BCUT2D eigenvalue weighted by atomic mass is 10.1. The van der Waals surface area contributed by atoms with Crippen molar-refractivity contribution in [1.29, 1.82) is 0 Å². The van der Waals surface area contributed by atoms with Crippen molar-refractivity contribution in [3.8, 4) is 0 Å². The summed E-state index contributed by atoms with van der Waals surface area (Å²) in [6, 6.07) is 0. The Kier molecular flexibility index (Phi) is 6.18. The van der Waals surface area contributed by atoms with Crippen LogP contribution in [0, 0.1) is 5.92 Å². The largest absolute Gasteiger partial charge is 0.374 e. The average molecular weight is 157 g/mol. The second-order valence-electron chi connectivity index (χ2n) is 2.99. The average Bonchev–Trinajstić information content (AvgIpc) is 1.97. The van der Waals surface area contributed by atoms with E-state index in [9.17, 15) is 0 Å². The molecule has 0 aliphatic carbocycles. The van der Waals surface area contributed by atoms with Gasteiger partial charge in [-0.1, -0.05) is 26.0 Å². The first-order valence-corrected chi connectivity index (χ1v) is 4.15. The van der Waals surface area contributed by atoms with Crippen LogP contribution < -0.4 is 5.73 Å². The van der Waals surface area contributed by atoms with Crippen molar-refractivity contribution in [2.75, 3.05) is 13.2 Å². The van der Waals surface area contributed by atoms with Crippen LogP contribution in [0.1, 0.15) is 20.8 Å². The number of hydrogen-bond donors (Lipinski definition) is 1. The molecule has 0 spiro atoms. The van der Waals surface area contributed by atoms with Crippen molar-refractivity contribution < 1.29 is 4.74 Å². The summed E-state index contributed by atoms with van der Waals surface area (Å²) in [5.41, 5.74) is 5.26. The predicted molar refractivity (Wildman–Crippen MR) is 48.4 cm³/mol. The lowest BCUT2D eigenvalue weighted by molar-refractivity contribution is 0.0546. The molecule has 2 N–H and O–H groups in total. The molecule has 1 atom stereocenters. The number of rotatable bonds is 5. The highest BCUT2D eigenvalue weighted by Gasteiger charge is 2.04. The van der Waals surface area contributed by atoms with Crippen LogP contribution in [0.2, 0.25) is 0 Å². The summed E-state index contributed by atoms with van der Waals surface area (Å²) in [5, 5.41) is 0. The third-order valence-electron chi connectivity index (χ3n) is 1.70. The molecule has 0 rings (SSSR count). The smallest absolute Gasteiger partial charge is 0.0651 e. The van der Waals surface area contributed by atoms with Crippen molar-refractivity contribution in [2.24, 2.45) is 11.7 Å². The molecular formula is C9H19NO. The van der Waals surface area contributed by atoms with E-state index in [2.05, 4.69) is 20.8 Å².